The number of aromatic nitrogens is 1. The molecule has 2 amide bonds. The number of methoxy groups -OCH3 is 1. The Kier molecular flexibility index (Phi) is 8.60. The lowest BCUT2D eigenvalue weighted by atomic mass is 9.78. The summed E-state index contributed by atoms with van der Waals surface area (Å²) in [5, 5.41) is 7.00. The first-order valence-electron chi connectivity index (χ1n) is 13.7. The van der Waals surface area contributed by atoms with Gasteiger partial charge in [0.15, 0.2) is 5.11 Å². The molecular formula is C31H35N5O3S. The van der Waals surface area contributed by atoms with E-state index >= 15 is 0 Å². The summed E-state index contributed by atoms with van der Waals surface area (Å²) in [6.07, 6.45) is 7.42. The van der Waals surface area contributed by atoms with Gasteiger partial charge in [-0.2, -0.15) is 0 Å². The predicted octanol–water partition coefficient (Wildman–Crippen LogP) is 4.69. The number of nitrogens with one attached hydrogen (secondary N) is 2. The zero-order chi connectivity index (χ0) is 28.0. The van der Waals surface area contributed by atoms with E-state index in [0.29, 0.717) is 42.5 Å². The Bertz CT molecular complexity index is 1310. The molecule has 40 heavy (non-hydrogen) atoms. The van der Waals surface area contributed by atoms with Gasteiger partial charge in [0.25, 0.3) is 0 Å². The van der Waals surface area contributed by atoms with Crippen LogP contribution in [0, 0.1) is 0 Å². The number of carbonyl (C=O) groups is 2. The van der Waals surface area contributed by atoms with Crippen molar-refractivity contribution in [2.75, 3.05) is 25.5 Å². The number of benzene rings is 2. The molecule has 0 bridgehead atoms. The zero-order valence-corrected chi connectivity index (χ0v) is 23.5. The lowest BCUT2D eigenvalue weighted by Crippen LogP contribution is -2.61. The predicted molar refractivity (Wildman–Crippen MR) is 159 cm³/mol. The minimum Gasteiger partial charge on any atom is -0.497 e. The number of anilines is 1. The van der Waals surface area contributed by atoms with E-state index in [1.165, 1.54) is 0 Å². The number of amides is 2. The molecule has 8 nitrogen and oxygen atoms in total. The van der Waals surface area contributed by atoms with Crippen LogP contribution < -0.4 is 15.4 Å². The molecule has 1 aliphatic heterocycles. The average Bonchev–Trinajstić information content (AvgIpc) is 3.37. The highest BCUT2D eigenvalue weighted by Crippen LogP contribution is 2.37. The van der Waals surface area contributed by atoms with Crippen molar-refractivity contribution in [3.63, 3.8) is 0 Å². The molecule has 1 aliphatic carbocycles. The summed E-state index contributed by atoms with van der Waals surface area (Å²) in [5.74, 6) is 0.412. The number of hydrogen-bond donors (Lipinski definition) is 2. The van der Waals surface area contributed by atoms with Crippen LogP contribution >= 0.6 is 12.2 Å². The fourth-order valence-corrected chi connectivity index (χ4v) is 5.96. The largest absolute Gasteiger partial charge is 0.497 e. The van der Waals surface area contributed by atoms with Crippen LogP contribution in [-0.4, -0.2) is 57.4 Å². The molecule has 0 radical (unpaired) electrons. The quantitative estimate of drug-likeness (QED) is 0.369. The standard InChI is InChI=1S/C31H35N5O3S/c1-39-26-14-12-25(13-15-26)33-29(38)31(16-6-3-7-17-31)36(20-23-9-8-18-32-19-23)28(37)22-35-21-27(34-30(35)40)24-10-4-2-5-11-24/h2,4-5,8-15,18-19,27H,3,6-7,16-17,20-22H2,1H3,(H,33,38)(H,34,40)/t27-/m0/s1. The van der Waals surface area contributed by atoms with Gasteiger partial charge < -0.3 is 25.2 Å². The van der Waals surface area contributed by atoms with E-state index in [-0.39, 0.29) is 24.4 Å². The van der Waals surface area contributed by atoms with E-state index in [1.807, 2.05) is 59.5 Å². The van der Waals surface area contributed by atoms with Gasteiger partial charge in [0.05, 0.1) is 19.7 Å². The van der Waals surface area contributed by atoms with Crippen LogP contribution in [0.5, 0.6) is 5.75 Å². The second kappa shape index (κ2) is 12.5. The highest BCUT2D eigenvalue weighted by Gasteiger charge is 2.47. The van der Waals surface area contributed by atoms with Gasteiger partial charge in [-0.25, -0.2) is 0 Å². The summed E-state index contributed by atoms with van der Waals surface area (Å²) in [6.45, 7) is 0.964. The Balaban J connectivity index is 1.42. The molecule has 0 spiro atoms. The first-order chi connectivity index (χ1) is 19.5. The topological polar surface area (TPSA) is 86.8 Å². The Hall–Kier alpha value is -3.98. The molecule has 2 aromatic carbocycles. The van der Waals surface area contributed by atoms with E-state index < -0.39 is 5.54 Å². The van der Waals surface area contributed by atoms with Crippen LogP contribution in [0.25, 0.3) is 0 Å². The second-order valence-corrected chi connectivity index (χ2v) is 10.8. The van der Waals surface area contributed by atoms with Crippen molar-refractivity contribution >= 4 is 34.8 Å². The van der Waals surface area contributed by atoms with Crippen molar-refractivity contribution in [3.05, 3.63) is 90.3 Å². The van der Waals surface area contributed by atoms with Gasteiger partial charge in [0.1, 0.15) is 11.3 Å². The third-order valence-electron chi connectivity index (χ3n) is 7.85. The van der Waals surface area contributed by atoms with E-state index in [0.717, 1.165) is 30.4 Å². The number of rotatable bonds is 9. The first-order valence-corrected chi connectivity index (χ1v) is 14.1. The normalized spacial score (nSPS) is 18.1. The third kappa shape index (κ3) is 6.09. The third-order valence-corrected chi connectivity index (χ3v) is 8.22. The molecule has 208 valence electrons. The molecule has 3 aromatic rings. The average molecular weight is 558 g/mol. The van der Waals surface area contributed by atoms with E-state index in [1.54, 1.807) is 24.4 Å². The highest BCUT2D eigenvalue weighted by atomic mass is 32.1. The summed E-state index contributed by atoms with van der Waals surface area (Å²) < 4.78 is 5.26. The maximum Gasteiger partial charge on any atom is 0.250 e. The van der Waals surface area contributed by atoms with Crippen molar-refractivity contribution in [3.8, 4) is 5.75 Å². The molecule has 2 fully saturated rings. The number of pyridine rings is 1. The van der Waals surface area contributed by atoms with Gasteiger partial charge >= 0.3 is 0 Å². The van der Waals surface area contributed by atoms with Crippen LogP contribution in [0.15, 0.2) is 79.1 Å². The van der Waals surface area contributed by atoms with Crippen LogP contribution in [0.2, 0.25) is 0 Å². The number of nitrogens with zero attached hydrogens (tertiary/aromatic N) is 3. The van der Waals surface area contributed by atoms with Crippen LogP contribution in [0.1, 0.15) is 49.3 Å². The van der Waals surface area contributed by atoms with Crippen molar-refractivity contribution < 1.29 is 14.3 Å². The molecular weight excluding hydrogens is 522 g/mol. The van der Waals surface area contributed by atoms with E-state index in [4.69, 9.17) is 17.0 Å². The Labute approximate surface area is 240 Å². The second-order valence-electron chi connectivity index (χ2n) is 10.4. The van der Waals surface area contributed by atoms with Gasteiger partial charge in [-0.1, -0.05) is 55.7 Å². The number of ether oxygens (including phenoxy) is 1. The van der Waals surface area contributed by atoms with Gasteiger partial charge in [-0.15, -0.1) is 0 Å². The van der Waals surface area contributed by atoms with Gasteiger partial charge in [-0.05, 0) is 66.5 Å². The van der Waals surface area contributed by atoms with Gasteiger partial charge in [0.2, 0.25) is 11.8 Å². The van der Waals surface area contributed by atoms with Crippen LogP contribution in [0.4, 0.5) is 5.69 Å². The van der Waals surface area contributed by atoms with E-state index in [9.17, 15) is 9.59 Å². The highest BCUT2D eigenvalue weighted by molar-refractivity contribution is 7.80. The molecule has 9 heteroatoms. The first kappa shape index (κ1) is 27.6. The minimum absolute atomic E-state index is 0.00952. The summed E-state index contributed by atoms with van der Waals surface area (Å²) in [4.78, 5) is 36.3. The molecule has 0 unspecified atom stereocenters. The van der Waals surface area contributed by atoms with Gasteiger partial charge in [0, 0.05) is 31.2 Å². The zero-order valence-electron chi connectivity index (χ0n) is 22.7. The fourth-order valence-electron chi connectivity index (χ4n) is 5.68. The molecule has 1 saturated carbocycles. The summed E-state index contributed by atoms with van der Waals surface area (Å²) in [6, 6.07) is 21.2. The maximum atomic E-state index is 14.2. The summed E-state index contributed by atoms with van der Waals surface area (Å²) >= 11 is 5.64. The van der Waals surface area contributed by atoms with Crippen molar-refractivity contribution in [1.82, 2.24) is 20.1 Å². The Morgan fingerprint density at radius 3 is 2.50 bits per heavy atom. The number of carbonyl (C=O) groups excluding carboxylic acids is 2. The smallest absolute Gasteiger partial charge is 0.250 e. The maximum absolute atomic E-state index is 14.2. The molecule has 2 N–H and O–H groups in total. The summed E-state index contributed by atoms with van der Waals surface area (Å²) in [5.41, 5.74) is 1.68. The van der Waals surface area contributed by atoms with Crippen molar-refractivity contribution in [2.24, 2.45) is 0 Å². The molecule has 2 heterocycles. The van der Waals surface area contributed by atoms with Crippen molar-refractivity contribution in [2.45, 2.75) is 50.2 Å². The molecule has 1 saturated heterocycles. The minimum atomic E-state index is -0.987. The van der Waals surface area contributed by atoms with E-state index in [2.05, 4.69) is 27.8 Å². The molecule has 1 atom stereocenters. The lowest BCUT2D eigenvalue weighted by Gasteiger charge is -2.45. The Morgan fingerprint density at radius 2 is 1.82 bits per heavy atom. The summed E-state index contributed by atoms with van der Waals surface area (Å²) in [7, 11) is 1.61. The lowest BCUT2D eigenvalue weighted by molar-refractivity contribution is -0.149. The van der Waals surface area contributed by atoms with Gasteiger partial charge in [-0.3, -0.25) is 14.6 Å². The molecule has 5 rings (SSSR count). The van der Waals surface area contributed by atoms with Crippen molar-refractivity contribution in [1.29, 1.82) is 0 Å². The number of hydrogen-bond acceptors (Lipinski definition) is 5. The number of thiocarbonyl (C=S) groups is 1. The molecule has 2 aliphatic rings. The SMILES string of the molecule is COc1ccc(NC(=O)C2(N(Cc3cccnc3)C(=O)CN3C[C@@H](c4ccccc4)NC3=S)CCCCC2)cc1. The van der Waals surface area contributed by atoms with Crippen LogP contribution in [-0.2, 0) is 16.1 Å². The molecule has 1 aromatic heterocycles. The Morgan fingerprint density at radius 1 is 1.07 bits per heavy atom. The van der Waals surface area contributed by atoms with Crippen LogP contribution in [0.3, 0.4) is 0 Å². The monoisotopic (exact) mass is 557 g/mol. The fraction of sp³-hybridized carbons (Fsp3) is 0.355.